The molecule has 1 N–H and O–H groups in total. The Bertz CT molecular complexity index is 299. The van der Waals surface area contributed by atoms with Crippen molar-refractivity contribution >= 4 is 5.82 Å². The van der Waals surface area contributed by atoms with Gasteiger partial charge in [-0.05, 0) is 0 Å². The summed E-state index contributed by atoms with van der Waals surface area (Å²) in [6.07, 6.45) is 1.64. The SMILES string of the molecule is COc1ccnnc1N1CCNCC1. The maximum atomic E-state index is 5.23. The molecule has 1 aliphatic rings. The van der Waals surface area contributed by atoms with Gasteiger partial charge in [0.05, 0.1) is 13.3 Å². The number of piperazine rings is 1. The van der Waals surface area contributed by atoms with Gasteiger partial charge in [-0.25, -0.2) is 0 Å². The van der Waals surface area contributed by atoms with Crippen molar-refractivity contribution in [2.45, 2.75) is 0 Å². The summed E-state index contributed by atoms with van der Waals surface area (Å²) in [7, 11) is 1.66. The van der Waals surface area contributed by atoms with Crippen LogP contribution in [0, 0.1) is 0 Å². The van der Waals surface area contributed by atoms with E-state index >= 15 is 0 Å². The van der Waals surface area contributed by atoms with Crippen molar-refractivity contribution < 1.29 is 4.74 Å². The number of methoxy groups -OCH3 is 1. The quantitative estimate of drug-likeness (QED) is 0.712. The fraction of sp³-hybridized carbons (Fsp3) is 0.556. The van der Waals surface area contributed by atoms with Crippen LogP contribution in [0.15, 0.2) is 12.3 Å². The Hall–Kier alpha value is -1.36. The second-order valence-corrected chi connectivity index (χ2v) is 3.16. The summed E-state index contributed by atoms with van der Waals surface area (Å²) in [5, 5.41) is 11.3. The molecule has 1 saturated heterocycles. The van der Waals surface area contributed by atoms with E-state index in [0.717, 1.165) is 37.7 Å². The van der Waals surface area contributed by atoms with Crippen LogP contribution in [0.4, 0.5) is 5.82 Å². The molecule has 0 saturated carbocycles. The van der Waals surface area contributed by atoms with Crippen molar-refractivity contribution in [1.82, 2.24) is 15.5 Å². The fourth-order valence-electron chi connectivity index (χ4n) is 1.57. The number of nitrogens with zero attached hydrogens (tertiary/aromatic N) is 3. The van der Waals surface area contributed by atoms with Crippen molar-refractivity contribution in [2.75, 3.05) is 38.2 Å². The van der Waals surface area contributed by atoms with E-state index in [1.165, 1.54) is 0 Å². The van der Waals surface area contributed by atoms with E-state index in [1.807, 2.05) is 6.07 Å². The third kappa shape index (κ3) is 1.77. The zero-order valence-electron chi connectivity index (χ0n) is 8.23. The first kappa shape index (κ1) is 9.21. The average Bonchev–Trinajstić information content (AvgIpc) is 2.30. The third-order valence-corrected chi connectivity index (χ3v) is 2.30. The van der Waals surface area contributed by atoms with E-state index in [4.69, 9.17) is 4.74 Å². The van der Waals surface area contributed by atoms with Crippen molar-refractivity contribution in [3.05, 3.63) is 12.3 Å². The highest BCUT2D eigenvalue weighted by molar-refractivity contribution is 5.51. The maximum absolute atomic E-state index is 5.23. The van der Waals surface area contributed by atoms with Crippen LogP contribution in [0.3, 0.4) is 0 Å². The van der Waals surface area contributed by atoms with E-state index in [1.54, 1.807) is 13.3 Å². The second-order valence-electron chi connectivity index (χ2n) is 3.16. The van der Waals surface area contributed by atoms with E-state index in [2.05, 4.69) is 20.4 Å². The van der Waals surface area contributed by atoms with Crippen LogP contribution in [-0.2, 0) is 0 Å². The van der Waals surface area contributed by atoms with Crippen LogP contribution in [0.1, 0.15) is 0 Å². The summed E-state index contributed by atoms with van der Waals surface area (Å²) in [4.78, 5) is 2.18. The molecule has 0 spiro atoms. The Morgan fingerprint density at radius 3 is 2.93 bits per heavy atom. The Morgan fingerprint density at radius 2 is 2.21 bits per heavy atom. The Labute approximate surface area is 83.1 Å². The lowest BCUT2D eigenvalue weighted by molar-refractivity contribution is 0.409. The molecule has 0 amide bonds. The predicted molar refractivity (Wildman–Crippen MR) is 53.7 cm³/mol. The van der Waals surface area contributed by atoms with Crippen LogP contribution in [0.2, 0.25) is 0 Å². The molecule has 0 bridgehead atoms. The zero-order valence-corrected chi connectivity index (χ0v) is 8.23. The van der Waals surface area contributed by atoms with Crippen molar-refractivity contribution in [1.29, 1.82) is 0 Å². The Morgan fingerprint density at radius 1 is 1.43 bits per heavy atom. The average molecular weight is 194 g/mol. The molecule has 0 atom stereocenters. The number of rotatable bonds is 2. The highest BCUT2D eigenvalue weighted by Gasteiger charge is 2.15. The van der Waals surface area contributed by atoms with Crippen LogP contribution >= 0.6 is 0 Å². The minimum Gasteiger partial charge on any atom is -0.493 e. The van der Waals surface area contributed by atoms with E-state index < -0.39 is 0 Å². The Balaban J connectivity index is 2.20. The Kier molecular flexibility index (Phi) is 2.78. The molecule has 2 rings (SSSR count). The number of ether oxygens (including phenoxy) is 1. The fourth-order valence-corrected chi connectivity index (χ4v) is 1.57. The molecule has 0 aliphatic carbocycles. The third-order valence-electron chi connectivity index (χ3n) is 2.30. The van der Waals surface area contributed by atoms with E-state index in [-0.39, 0.29) is 0 Å². The van der Waals surface area contributed by atoms with Gasteiger partial charge in [0.2, 0.25) is 0 Å². The van der Waals surface area contributed by atoms with Gasteiger partial charge in [0.15, 0.2) is 11.6 Å². The largest absolute Gasteiger partial charge is 0.493 e. The highest BCUT2D eigenvalue weighted by Crippen LogP contribution is 2.23. The first-order valence-corrected chi connectivity index (χ1v) is 4.73. The lowest BCUT2D eigenvalue weighted by Crippen LogP contribution is -2.44. The molecular formula is C9H14N4O. The van der Waals surface area contributed by atoms with Gasteiger partial charge >= 0.3 is 0 Å². The second kappa shape index (κ2) is 4.23. The lowest BCUT2D eigenvalue weighted by Gasteiger charge is -2.28. The summed E-state index contributed by atoms with van der Waals surface area (Å²) in [6, 6.07) is 1.84. The van der Waals surface area contributed by atoms with Gasteiger partial charge in [-0.2, -0.15) is 5.10 Å². The van der Waals surface area contributed by atoms with E-state index in [9.17, 15) is 0 Å². The van der Waals surface area contributed by atoms with Gasteiger partial charge in [-0.15, -0.1) is 5.10 Å². The van der Waals surface area contributed by atoms with Crippen molar-refractivity contribution in [3.63, 3.8) is 0 Å². The van der Waals surface area contributed by atoms with Gasteiger partial charge in [0.25, 0.3) is 0 Å². The molecule has 76 valence electrons. The molecule has 1 aliphatic heterocycles. The monoisotopic (exact) mass is 194 g/mol. The standard InChI is InChI=1S/C9H14N4O/c1-14-8-2-3-11-12-9(8)13-6-4-10-5-7-13/h2-3,10H,4-7H2,1H3. The summed E-state index contributed by atoms with van der Waals surface area (Å²) in [5.41, 5.74) is 0. The first-order chi connectivity index (χ1) is 6.92. The number of hydrogen-bond donors (Lipinski definition) is 1. The molecule has 1 fully saturated rings. The molecule has 14 heavy (non-hydrogen) atoms. The maximum Gasteiger partial charge on any atom is 0.193 e. The molecule has 5 nitrogen and oxygen atoms in total. The van der Waals surface area contributed by atoms with Gasteiger partial charge in [0, 0.05) is 32.2 Å². The van der Waals surface area contributed by atoms with Crippen molar-refractivity contribution in [2.24, 2.45) is 0 Å². The number of nitrogens with one attached hydrogen (secondary N) is 1. The topological polar surface area (TPSA) is 50.3 Å². The van der Waals surface area contributed by atoms with Gasteiger partial charge in [-0.3, -0.25) is 0 Å². The molecule has 5 heteroatoms. The zero-order chi connectivity index (χ0) is 9.80. The smallest absolute Gasteiger partial charge is 0.193 e. The summed E-state index contributed by atoms with van der Waals surface area (Å²) >= 11 is 0. The van der Waals surface area contributed by atoms with Crippen LogP contribution in [-0.4, -0.2) is 43.5 Å². The number of aromatic nitrogens is 2. The summed E-state index contributed by atoms with van der Waals surface area (Å²) in [6.45, 7) is 3.88. The summed E-state index contributed by atoms with van der Waals surface area (Å²) < 4.78 is 5.23. The summed E-state index contributed by atoms with van der Waals surface area (Å²) in [5.74, 6) is 1.64. The normalized spacial score (nSPS) is 16.8. The molecule has 0 aromatic carbocycles. The minimum atomic E-state index is 0.793. The van der Waals surface area contributed by atoms with Gasteiger partial charge in [-0.1, -0.05) is 0 Å². The molecular weight excluding hydrogens is 180 g/mol. The molecule has 2 heterocycles. The number of anilines is 1. The minimum absolute atomic E-state index is 0.793. The van der Waals surface area contributed by atoms with Crippen molar-refractivity contribution in [3.8, 4) is 5.75 Å². The van der Waals surface area contributed by atoms with Crippen LogP contribution in [0.25, 0.3) is 0 Å². The molecule has 0 radical (unpaired) electrons. The molecule has 1 aromatic rings. The van der Waals surface area contributed by atoms with Gasteiger partial charge < -0.3 is 15.0 Å². The van der Waals surface area contributed by atoms with Crippen LogP contribution < -0.4 is 15.0 Å². The van der Waals surface area contributed by atoms with Crippen LogP contribution in [0.5, 0.6) is 5.75 Å². The molecule has 0 unspecified atom stereocenters. The molecule has 1 aromatic heterocycles. The lowest BCUT2D eigenvalue weighted by atomic mass is 10.3. The van der Waals surface area contributed by atoms with E-state index in [0.29, 0.717) is 0 Å². The number of hydrogen-bond acceptors (Lipinski definition) is 5. The predicted octanol–water partition coefficient (Wildman–Crippen LogP) is -0.105. The van der Waals surface area contributed by atoms with Gasteiger partial charge in [0.1, 0.15) is 0 Å². The highest BCUT2D eigenvalue weighted by atomic mass is 16.5. The first-order valence-electron chi connectivity index (χ1n) is 4.73.